The molecule has 4 rings (SSSR count). The maximum absolute atomic E-state index is 13.2. The largest absolute Gasteiger partial charge is 0.461 e. The monoisotopic (exact) mass is 397 g/mol. The summed E-state index contributed by atoms with van der Waals surface area (Å²) in [6, 6.07) is 16.2. The molecule has 0 saturated carbocycles. The van der Waals surface area contributed by atoms with E-state index in [4.69, 9.17) is 4.74 Å². The van der Waals surface area contributed by atoms with Crippen molar-refractivity contribution in [2.45, 2.75) is 19.2 Å². The van der Waals surface area contributed by atoms with Gasteiger partial charge in [0.25, 0.3) is 10.0 Å². The Balaban J connectivity index is 1.89. The van der Waals surface area contributed by atoms with Crippen molar-refractivity contribution in [2.75, 3.05) is 11.9 Å². The Kier molecular flexibility index (Phi) is 4.64. The number of carbonyl (C=O) groups excluding carboxylic acids is 1. The number of fused-ring (bicyclic) bond motifs is 3. The molecule has 0 spiro atoms. The highest BCUT2D eigenvalue weighted by Crippen LogP contribution is 2.38. The first-order chi connectivity index (χ1) is 13.5. The Morgan fingerprint density at radius 1 is 1.14 bits per heavy atom. The fourth-order valence-electron chi connectivity index (χ4n) is 3.30. The zero-order valence-corrected chi connectivity index (χ0v) is 16.1. The van der Waals surface area contributed by atoms with Gasteiger partial charge in [-0.05, 0) is 18.6 Å². The van der Waals surface area contributed by atoms with Crippen LogP contribution in [0.1, 0.15) is 28.5 Å². The van der Waals surface area contributed by atoms with E-state index in [2.05, 4.69) is 10.4 Å². The van der Waals surface area contributed by atoms with Gasteiger partial charge in [-0.2, -0.15) is 4.09 Å². The number of hydrogen-bond donors (Lipinski definition) is 1. The van der Waals surface area contributed by atoms with Gasteiger partial charge < -0.3 is 10.1 Å². The number of aromatic nitrogens is 2. The van der Waals surface area contributed by atoms with Gasteiger partial charge in [0.05, 0.1) is 18.1 Å². The topological polar surface area (TPSA) is 90.3 Å². The van der Waals surface area contributed by atoms with Crippen molar-refractivity contribution in [3.05, 3.63) is 71.4 Å². The van der Waals surface area contributed by atoms with Crippen LogP contribution < -0.4 is 5.32 Å². The Morgan fingerprint density at radius 2 is 1.86 bits per heavy atom. The molecule has 1 aromatic heterocycles. The van der Waals surface area contributed by atoms with Crippen LogP contribution in [0.2, 0.25) is 0 Å². The van der Waals surface area contributed by atoms with Crippen LogP contribution in [0.4, 0.5) is 5.69 Å². The Labute approximate surface area is 163 Å². The standard InChI is InChI=1S/C20H19N3O4S/c1-2-27-20(24)18-16-12-21-17-11-7-6-10-15(17)19(16)23(22-18)28(25,26)13-14-8-4-3-5-9-14/h3-11,21H,2,12-13H2,1H3. The molecule has 2 heterocycles. The van der Waals surface area contributed by atoms with E-state index in [0.717, 1.165) is 9.77 Å². The number of esters is 1. The number of benzene rings is 2. The van der Waals surface area contributed by atoms with Crippen molar-refractivity contribution in [3.8, 4) is 11.3 Å². The van der Waals surface area contributed by atoms with Gasteiger partial charge in [0.15, 0.2) is 5.69 Å². The molecule has 0 aliphatic carbocycles. The van der Waals surface area contributed by atoms with Crippen molar-refractivity contribution in [3.63, 3.8) is 0 Å². The summed E-state index contributed by atoms with van der Waals surface area (Å²) in [6.45, 7) is 2.17. The SMILES string of the molecule is CCOC(=O)c1nn(S(=O)(=O)Cc2ccccc2)c2c1CNc1ccccc1-2. The van der Waals surface area contributed by atoms with E-state index in [9.17, 15) is 13.2 Å². The molecule has 0 unspecified atom stereocenters. The van der Waals surface area contributed by atoms with Crippen molar-refractivity contribution < 1.29 is 17.9 Å². The molecule has 1 aliphatic heterocycles. The van der Waals surface area contributed by atoms with Gasteiger partial charge in [-0.1, -0.05) is 48.5 Å². The number of carbonyl (C=O) groups is 1. The van der Waals surface area contributed by atoms with Crippen molar-refractivity contribution >= 4 is 21.7 Å². The molecule has 0 fully saturated rings. The van der Waals surface area contributed by atoms with Crippen LogP contribution in [0.3, 0.4) is 0 Å². The summed E-state index contributed by atoms with van der Waals surface area (Å²) in [4.78, 5) is 12.4. The predicted molar refractivity (Wildman–Crippen MR) is 105 cm³/mol. The van der Waals surface area contributed by atoms with Crippen molar-refractivity contribution in [1.82, 2.24) is 9.19 Å². The molecule has 2 aromatic carbocycles. The fraction of sp³-hybridized carbons (Fsp3) is 0.200. The molecule has 0 bridgehead atoms. The normalized spacial score (nSPS) is 12.6. The molecule has 8 heteroatoms. The summed E-state index contributed by atoms with van der Waals surface area (Å²) >= 11 is 0. The van der Waals surface area contributed by atoms with E-state index in [0.29, 0.717) is 28.9 Å². The number of anilines is 1. The van der Waals surface area contributed by atoms with E-state index >= 15 is 0 Å². The first kappa shape index (κ1) is 18.2. The molecule has 0 amide bonds. The zero-order valence-electron chi connectivity index (χ0n) is 15.3. The van der Waals surface area contributed by atoms with Gasteiger partial charge >= 0.3 is 5.97 Å². The van der Waals surface area contributed by atoms with Crippen molar-refractivity contribution in [2.24, 2.45) is 0 Å². The number of hydrogen-bond acceptors (Lipinski definition) is 6. The van der Waals surface area contributed by atoms with Crippen molar-refractivity contribution in [1.29, 1.82) is 0 Å². The quantitative estimate of drug-likeness (QED) is 0.666. The lowest BCUT2D eigenvalue weighted by Crippen LogP contribution is -2.19. The number of nitrogens with zero attached hydrogens (tertiary/aromatic N) is 2. The molecule has 144 valence electrons. The maximum Gasteiger partial charge on any atom is 0.359 e. The second-order valence-electron chi connectivity index (χ2n) is 6.38. The summed E-state index contributed by atoms with van der Waals surface area (Å²) in [7, 11) is -3.86. The molecule has 0 saturated heterocycles. The number of para-hydroxylation sites is 1. The molecule has 3 aromatic rings. The average molecular weight is 397 g/mol. The van der Waals surface area contributed by atoms with Crippen LogP contribution in [0.15, 0.2) is 54.6 Å². The zero-order chi connectivity index (χ0) is 19.7. The second-order valence-corrected chi connectivity index (χ2v) is 8.18. The number of nitrogens with one attached hydrogen (secondary N) is 1. The van der Waals surface area contributed by atoms with Crippen LogP contribution >= 0.6 is 0 Å². The molecule has 28 heavy (non-hydrogen) atoms. The molecule has 0 radical (unpaired) electrons. The third kappa shape index (κ3) is 3.16. The highest BCUT2D eigenvalue weighted by molar-refractivity contribution is 7.89. The fourth-order valence-corrected chi connectivity index (χ4v) is 4.73. The van der Waals surface area contributed by atoms with E-state index in [1.54, 1.807) is 31.2 Å². The first-order valence-corrected chi connectivity index (χ1v) is 10.5. The summed E-state index contributed by atoms with van der Waals surface area (Å²) in [5, 5.41) is 7.41. The van der Waals surface area contributed by atoms with E-state index in [1.165, 1.54) is 0 Å². The Morgan fingerprint density at radius 3 is 2.61 bits per heavy atom. The smallest absolute Gasteiger partial charge is 0.359 e. The van der Waals surface area contributed by atoms with Gasteiger partial charge in [0, 0.05) is 23.4 Å². The Bertz CT molecular complexity index is 1140. The highest BCUT2D eigenvalue weighted by Gasteiger charge is 2.33. The number of ether oxygens (including phenoxy) is 1. The van der Waals surface area contributed by atoms with Crippen LogP contribution in [-0.4, -0.2) is 30.2 Å². The minimum Gasteiger partial charge on any atom is -0.461 e. The van der Waals surface area contributed by atoms with Gasteiger partial charge in [0.2, 0.25) is 0 Å². The Hall–Kier alpha value is -3.13. The number of rotatable bonds is 5. The lowest BCUT2D eigenvalue weighted by molar-refractivity contribution is 0.0518. The van der Waals surface area contributed by atoms with E-state index in [-0.39, 0.29) is 18.1 Å². The van der Waals surface area contributed by atoms with E-state index < -0.39 is 16.0 Å². The molecular weight excluding hydrogens is 378 g/mol. The van der Waals surface area contributed by atoms with Gasteiger partial charge in [-0.3, -0.25) is 0 Å². The van der Waals surface area contributed by atoms with Gasteiger partial charge in [0.1, 0.15) is 0 Å². The average Bonchev–Trinajstić information content (AvgIpc) is 3.10. The third-order valence-electron chi connectivity index (χ3n) is 4.52. The summed E-state index contributed by atoms with van der Waals surface area (Å²) < 4.78 is 32.5. The maximum atomic E-state index is 13.2. The molecular formula is C20H19N3O4S. The summed E-state index contributed by atoms with van der Waals surface area (Å²) in [5.74, 6) is -0.853. The molecule has 1 N–H and O–H groups in total. The van der Waals surface area contributed by atoms with E-state index in [1.807, 2.05) is 30.3 Å². The third-order valence-corrected chi connectivity index (χ3v) is 6.01. The highest BCUT2D eigenvalue weighted by atomic mass is 32.2. The van der Waals surface area contributed by atoms with Crippen LogP contribution in [-0.2, 0) is 27.1 Å². The summed E-state index contributed by atoms with van der Waals surface area (Å²) in [6.07, 6.45) is 0. The summed E-state index contributed by atoms with van der Waals surface area (Å²) in [5.41, 5.74) is 3.08. The minimum absolute atomic E-state index is 0.0236. The lowest BCUT2D eigenvalue weighted by atomic mass is 10.00. The second kappa shape index (κ2) is 7.12. The molecule has 0 atom stereocenters. The van der Waals surface area contributed by atoms with Crippen LogP contribution in [0.25, 0.3) is 11.3 Å². The van der Waals surface area contributed by atoms with Gasteiger partial charge in [-0.25, -0.2) is 13.2 Å². The van der Waals surface area contributed by atoms with Crippen LogP contribution in [0.5, 0.6) is 0 Å². The molecule has 1 aliphatic rings. The first-order valence-electron chi connectivity index (χ1n) is 8.90. The predicted octanol–water partition coefficient (Wildman–Crippen LogP) is 3.03. The lowest BCUT2D eigenvalue weighted by Gasteiger charge is -2.20. The minimum atomic E-state index is -3.86. The molecule has 7 nitrogen and oxygen atoms in total. The van der Waals surface area contributed by atoms with Gasteiger partial charge in [-0.15, -0.1) is 5.10 Å². The van der Waals surface area contributed by atoms with Crippen LogP contribution in [0, 0.1) is 0 Å².